The number of ether oxygens (including phenoxy) is 1. The Morgan fingerprint density at radius 1 is 0.875 bits per heavy atom. The zero-order chi connectivity index (χ0) is 33.9. The molecule has 252 valence electrons. The molecule has 2 aliphatic heterocycles. The summed E-state index contributed by atoms with van der Waals surface area (Å²) in [4.78, 5) is 20.4. The van der Waals surface area contributed by atoms with Gasteiger partial charge in [-0.3, -0.25) is 15.0 Å². The zero-order valence-corrected chi connectivity index (χ0v) is 28.3. The predicted molar refractivity (Wildman–Crippen MR) is 188 cm³/mol. The van der Waals surface area contributed by atoms with Crippen LogP contribution in [-0.2, 0) is 17.3 Å². The van der Waals surface area contributed by atoms with Crippen LogP contribution in [0.2, 0.25) is 0 Å². The number of halogens is 3. The molecule has 0 amide bonds. The van der Waals surface area contributed by atoms with Crippen LogP contribution < -0.4 is 4.90 Å². The average Bonchev–Trinajstić information content (AvgIpc) is 3.08. The molecular formula is C36H37F3N4O3S2. The zero-order valence-electron chi connectivity index (χ0n) is 26.6. The molecule has 0 spiro atoms. The number of nitrogens with zero attached hydrogens (tertiary/aromatic N) is 4. The van der Waals surface area contributed by atoms with Crippen LogP contribution in [0.15, 0.2) is 94.7 Å². The number of fused-ring (bicyclic) bond motifs is 3. The maximum Gasteiger partial charge on any atom is 0.416 e. The van der Waals surface area contributed by atoms with E-state index in [0.717, 1.165) is 77.0 Å². The Labute approximate surface area is 287 Å². The number of piperazine rings is 1. The van der Waals surface area contributed by atoms with E-state index in [1.807, 2.05) is 71.6 Å². The normalized spacial score (nSPS) is 16.6. The first kappa shape index (κ1) is 34.2. The van der Waals surface area contributed by atoms with Crippen LogP contribution in [0, 0.1) is 10.1 Å². The average molecular weight is 695 g/mol. The summed E-state index contributed by atoms with van der Waals surface area (Å²) >= 11 is 7.00. The van der Waals surface area contributed by atoms with Crippen LogP contribution in [0.25, 0.3) is 10.8 Å². The van der Waals surface area contributed by atoms with E-state index in [4.69, 9.17) is 17.0 Å². The van der Waals surface area contributed by atoms with Gasteiger partial charge in [-0.2, -0.15) is 13.2 Å². The SMILES string of the molecule is CC(Cc1cccc2ccccc12)(C(=S)OCCN1CCN(CCCN2c3ccccc3Sc3ccc(C(F)(F)F)cc32)CC1)[N+](=O)[O-]. The first-order valence-corrected chi connectivity index (χ1v) is 17.2. The summed E-state index contributed by atoms with van der Waals surface area (Å²) in [5, 5.41) is 14.2. The van der Waals surface area contributed by atoms with E-state index in [9.17, 15) is 23.3 Å². The molecule has 2 heterocycles. The number of thiocarbonyl (C=S) groups is 1. The van der Waals surface area contributed by atoms with Crippen LogP contribution in [0.4, 0.5) is 24.5 Å². The maximum absolute atomic E-state index is 13.6. The van der Waals surface area contributed by atoms with Crippen molar-refractivity contribution >= 4 is 51.2 Å². The monoisotopic (exact) mass is 694 g/mol. The van der Waals surface area contributed by atoms with Crippen molar-refractivity contribution in [2.45, 2.75) is 41.3 Å². The lowest BCUT2D eigenvalue weighted by atomic mass is 9.91. The summed E-state index contributed by atoms with van der Waals surface area (Å²) in [6.45, 7) is 7.17. The summed E-state index contributed by atoms with van der Waals surface area (Å²) in [7, 11) is 0. The number of alkyl halides is 3. The molecule has 0 aliphatic carbocycles. The smallest absolute Gasteiger partial charge is 0.416 e. The van der Waals surface area contributed by atoms with Gasteiger partial charge in [0.1, 0.15) is 6.61 Å². The molecule has 12 heteroatoms. The summed E-state index contributed by atoms with van der Waals surface area (Å²) in [6.07, 6.45) is -3.47. The van der Waals surface area contributed by atoms with Gasteiger partial charge in [0.25, 0.3) is 5.54 Å². The van der Waals surface area contributed by atoms with E-state index in [2.05, 4.69) is 9.80 Å². The molecule has 0 N–H and O–H groups in total. The van der Waals surface area contributed by atoms with Crippen molar-refractivity contribution in [3.05, 3.63) is 106 Å². The van der Waals surface area contributed by atoms with Gasteiger partial charge in [0, 0.05) is 60.9 Å². The lowest BCUT2D eigenvalue weighted by Crippen LogP contribution is -2.49. The van der Waals surface area contributed by atoms with Crippen molar-refractivity contribution in [3.63, 3.8) is 0 Å². The van der Waals surface area contributed by atoms with Gasteiger partial charge in [0.15, 0.2) is 0 Å². The minimum Gasteiger partial charge on any atom is -0.480 e. The molecule has 4 aromatic rings. The topological polar surface area (TPSA) is 62.1 Å². The molecule has 0 saturated carbocycles. The van der Waals surface area contributed by atoms with Gasteiger partial charge in [0.05, 0.1) is 23.4 Å². The van der Waals surface area contributed by atoms with Crippen LogP contribution >= 0.6 is 24.0 Å². The van der Waals surface area contributed by atoms with Gasteiger partial charge in [-0.25, -0.2) is 0 Å². The highest BCUT2D eigenvalue weighted by atomic mass is 32.2. The van der Waals surface area contributed by atoms with E-state index < -0.39 is 17.3 Å². The Morgan fingerprint density at radius 3 is 2.29 bits per heavy atom. The molecule has 1 unspecified atom stereocenters. The summed E-state index contributed by atoms with van der Waals surface area (Å²) < 4.78 is 46.5. The van der Waals surface area contributed by atoms with E-state index in [-0.39, 0.29) is 23.0 Å². The minimum atomic E-state index is -4.40. The number of anilines is 2. The summed E-state index contributed by atoms with van der Waals surface area (Å²) in [5.74, 6) is 0. The quantitative estimate of drug-likeness (QED) is 0.0888. The van der Waals surface area contributed by atoms with Gasteiger partial charge >= 0.3 is 6.18 Å². The molecule has 1 atom stereocenters. The minimum absolute atomic E-state index is 0.0133. The van der Waals surface area contributed by atoms with Gasteiger partial charge in [0.2, 0.25) is 5.05 Å². The molecule has 0 bridgehead atoms. The molecule has 48 heavy (non-hydrogen) atoms. The van der Waals surface area contributed by atoms with E-state index in [1.54, 1.807) is 6.07 Å². The van der Waals surface area contributed by atoms with Crippen molar-refractivity contribution in [1.82, 2.24) is 9.80 Å². The number of rotatable bonds is 11. The van der Waals surface area contributed by atoms with Crippen LogP contribution in [-0.4, -0.2) is 77.7 Å². The highest BCUT2D eigenvalue weighted by molar-refractivity contribution is 7.99. The fourth-order valence-corrected chi connectivity index (χ4v) is 7.69. The largest absolute Gasteiger partial charge is 0.480 e. The second-order valence-electron chi connectivity index (χ2n) is 12.4. The number of para-hydroxylation sites is 1. The number of hydrogen-bond donors (Lipinski definition) is 0. The predicted octanol–water partition coefficient (Wildman–Crippen LogP) is 8.09. The number of nitro groups is 1. The first-order valence-electron chi connectivity index (χ1n) is 16.0. The second kappa shape index (κ2) is 14.4. The van der Waals surface area contributed by atoms with Gasteiger partial charge in [-0.05, 0) is 71.9 Å². The molecule has 0 aromatic heterocycles. The van der Waals surface area contributed by atoms with Gasteiger partial charge in [-0.1, -0.05) is 66.4 Å². The van der Waals surface area contributed by atoms with Crippen LogP contribution in [0.3, 0.4) is 0 Å². The lowest BCUT2D eigenvalue weighted by molar-refractivity contribution is -0.544. The maximum atomic E-state index is 13.6. The van der Waals surface area contributed by atoms with Crippen molar-refractivity contribution in [2.24, 2.45) is 0 Å². The van der Waals surface area contributed by atoms with Crippen molar-refractivity contribution in [2.75, 3.05) is 57.3 Å². The third kappa shape index (κ3) is 7.46. The Balaban J connectivity index is 0.986. The molecule has 4 aromatic carbocycles. The third-order valence-electron chi connectivity index (χ3n) is 9.17. The fraction of sp³-hybridized carbons (Fsp3) is 0.361. The van der Waals surface area contributed by atoms with E-state index in [1.165, 1.54) is 24.8 Å². The van der Waals surface area contributed by atoms with Gasteiger partial charge in [-0.15, -0.1) is 0 Å². The van der Waals surface area contributed by atoms with Crippen molar-refractivity contribution in [3.8, 4) is 0 Å². The number of benzene rings is 4. The van der Waals surface area contributed by atoms with Crippen molar-refractivity contribution < 1.29 is 22.8 Å². The van der Waals surface area contributed by atoms with Gasteiger partial charge < -0.3 is 14.5 Å². The molecule has 2 aliphatic rings. The molecule has 1 saturated heterocycles. The Hall–Kier alpha value is -3.71. The molecule has 0 radical (unpaired) electrons. The highest BCUT2D eigenvalue weighted by Gasteiger charge is 2.44. The molecule has 7 nitrogen and oxygen atoms in total. The number of hydrogen-bond acceptors (Lipinski definition) is 8. The van der Waals surface area contributed by atoms with Crippen molar-refractivity contribution in [1.29, 1.82) is 0 Å². The van der Waals surface area contributed by atoms with E-state index >= 15 is 0 Å². The fourth-order valence-electron chi connectivity index (χ4n) is 6.39. The molecule has 1 fully saturated rings. The second-order valence-corrected chi connectivity index (χ2v) is 13.9. The Kier molecular flexibility index (Phi) is 10.3. The third-order valence-corrected chi connectivity index (χ3v) is 10.9. The molecule has 6 rings (SSSR count). The van der Waals surface area contributed by atoms with Crippen LogP contribution in [0.1, 0.15) is 24.5 Å². The first-order chi connectivity index (χ1) is 23.0. The highest BCUT2D eigenvalue weighted by Crippen LogP contribution is 2.49. The summed E-state index contributed by atoms with van der Waals surface area (Å²) in [5.41, 5.74) is 0.206. The Morgan fingerprint density at radius 2 is 1.54 bits per heavy atom. The van der Waals surface area contributed by atoms with Crippen LogP contribution in [0.5, 0.6) is 0 Å². The van der Waals surface area contributed by atoms with E-state index in [0.29, 0.717) is 18.8 Å². The molecular weight excluding hydrogens is 658 g/mol. The Bertz CT molecular complexity index is 1790. The summed E-state index contributed by atoms with van der Waals surface area (Å²) in [6, 6.07) is 25.4. The lowest BCUT2D eigenvalue weighted by Gasteiger charge is -2.36. The standard InChI is InChI=1S/C36H37F3N4O3S2/c1-35(43(44)45,25-27-10-6-9-26-8-2-3-11-29(26)27)34(47)46-23-22-41-20-18-40(19-21-41)16-7-17-42-30-12-4-5-13-32(30)48-33-15-14-28(24-31(33)42)36(37,38)39/h2-6,8-15,24H,7,16-23,25H2,1H3.